The van der Waals surface area contributed by atoms with E-state index in [1.54, 1.807) is 6.20 Å². The first-order valence-electron chi connectivity index (χ1n) is 3.63. The summed E-state index contributed by atoms with van der Waals surface area (Å²) in [5.41, 5.74) is 0. The van der Waals surface area contributed by atoms with E-state index in [4.69, 9.17) is 4.74 Å². The highest BCUT2D eigenvalue weighted by Crippen LogP contribution is 2.27. The zero-order chi connectivity index (χ0) is 7.68. The largest absolute Gasteiger partial charge is 0.474 e. The van der Waals surface area contributed by atoms with Gasteiger partial charge in [0.2, 0.25) is 5.88 Å². The van der Waals surface area contributed by atoms with Gasteiger partial charge < -0.3 is 4.74 Å². The Bertz CT molecular complexity index is 260. The topological polar surface area (TPSA) is 22.1 Å². The number of hydrogen-bond donors (Lipinski definition) is 0. The Morgan fingerprint density at radius 2 is 2.36 bits per heavy atom. The molecule has 1 saturated carbocycles. The molecule has 1 aliphatic rings. The molecule has 0 radical (unpaired) electrons. The molecular formula is C8H8INO. The van der Waals surface area contributed by atoms with E-state index >= 15 is 0 Å². The first-order chi connectivity index (χ1) is 5.36. The van der Waals surface area contributed by atoms with Crippen molar-refractivity contribution in [1.29, 1.82) is 0 Å². The van der Waals surface area contributed by atoms with Crippen molar-refractivity contribution >= 4 is 22.6 Å². The van der Waals surface area contributed by atoms with E-state index in [-0.39, 0.29) is 0 Å². The van der Waals surface area contributed by atoms with Crippen molar-refractivity contribution in [3.05, 3.63) is 21.9 Å². The summed E-state index contributed by atoms with van der Waals surface area (Å²) < 4.78 is 6.63. The first kappa shape index (κ1) is 7.34. The SMILES string of the molecule is Ic1cccnc1OC1CC1. The molecule has 1 heterocycles. The summed E-state index contributed by atoms with van der Waals surface area (Å²) in [6.07, 6.45) is 4.58. The van der Waals surface area contributed by atoms with Crippen LogP contribution in [0.5, 0.6) is 5.88 Å². The number of hydrogen-bond acceptors (Lipinski definition) is 2. The quantitative estimate of drug-likeness (QED) is 0.761. The first-order valence-corrected chi connectivity index (χ1v) is 4.71. The minimum absolute atomic E-state index is 0.443. The van der Waals surface area contributed by atoms with Crippen molar-refractivity contribution in [3.63, 3.8) is 0 Å². The molecule has 1 aliphatic carbocycles. The van der Waals surface area contributed by atoms with Crippen LogP contribution in [-0.2, 0) is 0 Å². The number of ether oxygens (including phenoxy) is 1. The zero-order valence-electron chi connectivity index (χ0n) is 5.96. The predicted octanol–water partition coefficient (Wildman–Crippen LogP) is 2.23. The average Bonchev–Trinajstić information content (AvgIpc) is 2.78. The average molecular weight is 261 g/mol. The Balaban J connectivity index is 2.15. The lowest BCUT2D eigenvalue weighted by atomic mass is 10.5. The van der Waals surface area contributed by atoms with E-state index < -0.39 is 0 Å². The van der Waals surface area contributed by atoms with Gasteiger partial charge in [-0.1, -0.05) is 0 Å². The van der Waals surface area contributed by atoms with E-state index in [2.05, 4.69) is 27.6 Å². The van der Waals surface area contributed by atoms with E-state index in [9.17, 15) is 0 Å². The summed E-state index contributed by atoms with van der Waals surface area (Å²) in [5.74, 6) is 0.788. The van der Waals surface area contributed by atoms with Gasteiger partial charge in [0, 0.05) is 6.20 Å². The molecule has 0 aliphatic heterocycles. The predicted molar refractivity (Wildman–Crippen MR) is 50.6 cm³/mol. The van der Waals surface area contributed by atoms with Crippen molar-refractivity contribution in [1.82, 2.24) is 4.98 Å². The molecular weight excluding hydrogens is 253 g/mol. The van der Waals surface area contributed by atoms with Crippen molar-refractivity contribution in [3.8, 4) is 5.88 Å². The lowest BCUT2D eigenvalue weighted by Crippen LogP contribution is -1.99. The molecule has 3 heteroatoms. The number of pyridine rings is 1. The fourth-order valence-electron chi connectivity index (χ4n) is 0.802. The van der Waals surface area contributed by atoms with Crippen LogP contribution >= 0.6 is 22.6 Å². The van der Waals surface area contributed by atoms with Gasteiger partial charge in [-0.05, 0) is 47.6 Å². The molecule has 58 valence electrons. The molecule has 2 rings (SSSR count). The van der Waals surface area contributed by atoms with Gasteiger partial charge in [0.05, 0.1) is 3.57 Å². The van der Waals surface area contributed by atoms with Gasteiger partial charge in [-0.15, -0.1) is 0 Å². The molecule has 0 aromatic carbocycles. The number of rotatable bonds is 2. The second-order valence-corrected chi connectivity index (χ2v) is 3.77. The third-order valence-corrected chi connectivity index (χ3v) is 2.35. The molecule has 1 aromatic rings. The Morgan fingerprint density at radius 3 is 3.00 bits per heavy atom. The highest BCUT2D eigenvalue weighted by Gasteiger charge is 2.24. The van der Waals surface area contributed by atoms with Crippen LogP contribution in [0.2, 0.25) is 0 Å². The van der Waals surface area contributed by atoms with E-state index in [0.29, 0.717) is 6.10 Å². The molecule has 0 spiro atoms. The number of halogens is 1. The molecule has 1 aromatic heterocycles. The normalized spacial score (nSPS) is 16.5. The number of aromatic nitrogens is 1. The lowest BCUT2D eigenvalue weighted by Gasteiger charge is -2.03. The second kappa shape index (κ2) is 2.97. The summed E-state index contributed by atoms with van der Waals surface area (Å²) in [6.45, 7) is 0. The van der Waals surface area contributed by atoms with Gasteiger partial charge in [-0.2, -0.15) is 0 Å². The molecule has 2 nitrogen and oxygen atoms in total. The monoisotopic (exact) mass is 261 g/mol. The minimum Gasteiger partial charge on any atom is -0.474 e. The van der Waals surface area contributed by atoms with Crippen molar-refractivity contribution < 1.29 is 4.74 Å². The summed E-state index contributed by atoms with van der Waals surface area (Å²) in [6, 6.07) is 3.92. The Kier molecular flexibility index (Phi) is 1.98. The van der Waals surface area contributed by atoms with Crippen LogP contribution in [0.1, 0.15) is 12.8 Å². The van der Waals surface area contributed by atoms with Crippen molar-refractivity contribution in [2.24, 2.45) is 0 Å². The van der Waals surface area contributed by atoms with Crippen molar-refractivity contribution in [2.45, 2.75) is 18.9 Å². The lowest BCUT2D eigenvalue weighted by molar-refractivity contribution is 0.289. The van der Waals surface area contributed by atoms with E-state index in [1.165, 1.54) is 12.8 Å². The van der Waals surface area contributed by atoms with Gasteiger partial charge in [-0.3, -0.25) is 0 Å². The van der Waals surface area contributed by atoms with Gasteiger partial charge in [0.15, 0.2) is 0 Å². The van der Waals surface area contributed by atoms with E-state index in [1.807, 2.05) is 12.1 Å². The smallest absolute Gasteiger partial charge is 0.227 e. The van der Waals surface area contributed by atoms with Gasteiger partial charge in [0.1, 0.15) is 6.10 Å². The third kappa shape index (κ3) is 1.83. The van der Waals surface area contributed by atoms with Gasteiger partial charge >= 0.3 is 0 Å². The molecule has 11 heavy (non-hydrogen) atoms. The van der Waals surface area contributed by atoms with Crippen LogP contribution in [0, 0.1) is 3.57 Å². The second-order valence-electron chi connectivity index (χ2n) is 2.61. The van der Waals surface area contributed by atoms with Crippen LogP contribution in [0.4, 0.5) is 0 Å². The standard InChI is InChI=1S/C8H8INO/c9-7-2-1-5-10-8(7)11-6-3-4-6/h1-2,5-6H,3-4H2. The van der Waals surface area contributed by atoms with Crippen LogP contribution in [-0.4, -0.2) is 11.1 Å². The van der Waals surface area contributed by atoms with Gasteiger partial charge in [0.25, 0.3) is 0 Å². The maximum atomic E-state index is 5.54. The Morgan fingerprint density at radius 1 is 1.55 bits per heavy atom. The molecule has 0 saturated heterocycles. The zero-order valence-corrected chi connectivity index (χ0v) is 8.11. The van der Waals surface area contributed by atoms with Crippen LogP contribution in [0.3, 0.4) is 0 Å². The Labute approximate surface area is 79.1 Å². The molecule has 0 atom stereocenters. The number of nitrogens with zero attached hydrogens (tertiary/aromatic N) is 1. The van der Waals surface area contributed by atoms with E-state index in [0.717, 1.165) is 9.45 Å². The van der Waals surface area contributed by atoms with Crippen LogP contribution < -0.4 is 4.74 Å². The fourth-order valence-corrected chi connectivity index (χ4v) is 1.28. The molecule has 1 fully saturated rings. The van der Waals surface area contributed by atoms with Crippen LogP contribution in [0.15, 0.2) is 18.3 Å². The Hall–Kier alpha value is -0.320. The molecule has 0 amide bonds. The minimum atomic E-state index is 0.443. The van der Waals surface area contributed by atoms with Crippen LogP contribution in [0.25, 0.3) is 0 Å². The maximum absolute atomic E-state index is 5.54. The molecule has 0 bridgehead atoms. The summed E-state index contributed by atoms with van der Waals surface area (Å²) in [5, 5.41) is 0. The van der Waals surface area contributed by atoms with Crippen molar-refractivity contribution in [2.75, 3.05) is 0 Å². The summed E-state index contributed by atoms with van der Waals surface area (Å²) >= 11 is 2.23. The summed E-state index contributed by atoms with van der Waals surface area (Å²) in [4.78, 5) is 4.13. The highest BCUT2D eigenvalue weighted by molar-refractivity contribution is 14.1. The third-order valence-electron chi connectivity index (χ3n) is 1.53. The molecule has 0 unspecified atom stereocenters. The van der Waals surface area contributed by atoms with Gasteiger partial charge in [-0.25, -0.2) is 4.98 Å². The molecule has 0 N–H and O–H groups in total. The maximum Gasteiger partial charge on any atom is 0.227 e. The summed E-state index contributed by atoms with van der Waals surface area (Å²) in [7, 11) is 0. The highest BCUT2D eigenvalue weighted by atomic mass is 127. The fraction of sp³-hybridized carbons (Fsp3) is 0.375.